The minimum Gasteiger partial charge on any atom is -0.396 e. The van der Waals surface area contributed by atoms with Gasteiger partial charge in [-0.25, -0.2) is 0 Å². The molecule has 0 radical (unpaired) electrons. The highest BCUT2D eigenvalue weighted by atomic mass is 16.2. The molecule has 1 amide bonds. The van der Waals surface area contributed by atoms with Gasteiger partial charge in [0.2, 0.25) is 5.91 Å². The van der Waals surface area contributed by atoms with Crippen LogP contribution in [0, 0.1) is 0 Å². The molecule has 0 bridgehead atoms. The number of carbonyl (C=O) groups excluding carboxylic acids is 1. The fraction of sp³-hybridized carbons (Fsp3) is 0.900. The van der Waals surface area contributed by atoms with E-state index in [-0.39, 0.29) is 12.5 Å². The number of rotatable bonds is 6. The standard InChI is InChI=1S/C10H20N2O2/c13-8-4-1-5-11-9-10(14)12-6-2-3-7-12/h11,13H,1-9H2. The van der Waals surface area contributed by atoms with E-state index in [2.05, 4.69) is 5.32 Å². The number of unbranched alkanes of at least 4 members (excludes halogenated alkanes) is 1. The first-order valence-electron chi connectivity index (χ1n) is 5.44. The van der Waals surface area contributed by atoms with Crippen molar-refractivity contribution < 1.29 is 9.90 Å². The fourth-order valence-corrected chi connectivity index (χ4v) is 1.64. The van der Waals surface area contributed by atoms with Crippen LogP contribution in [0.1, 0.15) is 25.7 Å². The van der Waals surface area contributed by atoms with Crippen molar-refractivity contribution in [3.05, 3.63) is 0 Å². The topological polar surface area (TPSA) is 52.6 Å². The van der Waals surface area contributed by atoms with Crippen LogP contribution in [-0.4, -0.2) is 48.7 Å². The van der Waals surface area contributed by atoms with Crippen LogP contribution in [0.15, 0.2) is 0 Å². The summed E-state index contributed by atoms with van der Waals surface area (Å²) in [6.07, 6.45) is 4.04. The lowest BCUT2D eigenvalue weighted by atomic mass is 10.3. The Labute approximate surface area is 85.3 Å². The third kappa shape index (κ3) is 4.07. The average Bonchev–Trinajstić information content (AvgIpc) is 2.70. The van der Waals surface area contributed by atoms with E-state index in [1.165, 1.54) is 0 Å². The van der Waals surface area contributed by atoms with E-state index in [1.807, 2.05) is 4.90 Å². The van der Waals surface area contributed by atoms with Gasteiger partial charge < -0.3 is 15.3 Å². The molecule has 0 aromatic heterocycles. The Balaban J connectivity index is 1.97. The summed E-state index contributed by atoms with van der Waals surface area (Å²) in [5, 5.41) is 11.6. The van der Waals surface area contributed by atoms with Crippen molar-refractivity contribution in [3.63, 3.8) is 0 Å². The Morgan fingerprint density at radius 3 is 2.64 bits per heavy atom. The van der Waals surface area contributed by atoms with E-state index in [0.29, 0.717) is 6.54 Å². The monoisotopic (exact) mass is 200 g/mol. The van der Waals surface area contributed by atoms with Crippen molar-refractivity contribution in [2.45, 2.75) is 25.7 Å². The second-order valence-electron chi connectivity index (χ2n) is 3.70. The Kier molecular flexibility index (Phi) is 5.56. The molecule has 1 heterocycles. The quantitative estimate of drug-likeness (QED) is 0.592. The summed E-state index contributed by atoms with van der Waals surface area (Å²) in [5.41, 5.74) is 0. The van der Waals surface area contributed by atoms with E-state index in [0.717, 1.165) is 45.3 Å². The highest BCUT2D eigenvalue weighted by Gasteiger charge is 2.16. The van der Waals surface area contributed by atoms with Crippen molar-refractivity contribution in [1.29, 1.82) is 0 Å². The molecule has 0 aromatic rings. The summed E-state index contributed by atoms with van der Waals surface area (Å²) in [6, 6.07) is 0. The molecule has 1 saturated heterocycles. The fourth-order valence-electron chi connectivity index (χ4n) is 1.64. The molecular formula is C10H20N2O2. The average molecular weight is 200 g/mol. The molecule has 0 aromatic carbocycles. The Bertz CT molecular complexity index is 168. The molecule has 0 saturated carbocycles. The lowest BCUT2D eigenvalue weighted by molar-refractivity contribution is -0.129. The lowest BCUT2D eigenvalue weighted by Crippen LogP contribution is -2.36. The zero-order valence-corrected chi connectivity index (χ0v) is 8.67. The van der Waals surface area contributed by atoms with E-state index in [9.17, 15) is 4.79 Å². The number of hydrogen-bond acceptors (Lipinski definition) is 3. The maximum absolute atomic E-state index is 11.5. The Morgan fingerprint density at radius 1 is 1.29 bits per heavy atom. The van der Waals surface area contributed by atoms with Crippen LogP contribution in [0.3, 0.4) is 0 Å². The molecule has 2 N–H and O–H groups in total. The number of aliphatic hydroxyl groups excluding tert-OH is 1. The van der Waals surface area contributed by atoms with Gasteiger partial charge in [-0.15, -0.1) is 0 Å². The number of carbonyl (C=O) groups is 1. The number of hydrogen-bond donors (Lipinski definition) is 2. The number of aliphatic hydroxyl groups is 1. The predicted molar refractivity (Wildman–Crippen MR) is 55.0 cm³/mol. The van der Waals surface area contributed by atoms with Crippen molar-refractivity contribution in [3.8, 4) is 0 Å². The number of nitrogens with zero attached hydrogens (tertiary/aromatic N) is 1. The lowest BCUT2D eigenvalue weighted by Gasteiger charge is -2.15. The molecular weight excluding hydrogens is 180 g/mol. The van der Waals surface area contributed by atoms with Crippen molar-refractivity contribution in [2.75, 3.05) is 32.8 Å². The minimum atomic E-state index is 0.214. The number of nitrogens with one attached hydrogen (secondary N) is 1. The summed E-state index contributed by atoms with van der Waals surface area (Å²) in [7, 11) is 0. The van der Waals surface area contributed by atoms with E-state index < -0.39 is 0 Å². The maximum atomic E-state index is 11.5. The largest absolute Gasteiger partial charge is 0.396 e. The maximum Gasteiger partial charge on any atom is 0.236 e. The summed E-state index contributed by atoms with van der Waals surface area (Å²) < 4.78 is 0. The summed E-state index contributed by atoms with van der Waals surface area (Å²) in [5.74, 6) is 0.214. The number of likely N-dealkylation sites (tertiary alicyclic amines) is 1. The predicted octanol–water partition coefficient (Wildman–Crippen LogP) is -0.0291. The van der Waals surface area contributed by atoms with Gasteiger partial charge in [-0.2, -0.15) is 0 Å². The smallest absolute Gasteiger partial charge is 0.236 e. The summed E-state index contributed by atoms with van der Waals surface area (Å²) in [4.78, 5) is 13.4. The summed E-state index contributed by atoms with van der Waals surface area (Å²) >= 11 is 0. The van der Waals surface area contributed by atoms with Crippen LogP contribution in [-0.2, 0) is 4.79 Å². The molecule has 1 fully saturated rings. The highest BCUT2D eigenvalue weighted by molar-refractivity contribution is 5.78. The van der Waals surface area contributed by atoms with Crippen LogP contribution in [0.2, 0.25) is 0 Å². The van der Waals surface area contributed by atoms with Gasteiger partial charge in [0, 0.05) is 19.7 Å². The molecule has 82 valence electrons. The van der Waals surface area contributed by atoms with Gasteiger partial charge in [-0.05, 0) is 32.2 Å². The van der Waals surface area contributed by atoms with Gasteiger partial charge in [-0.3, -0.25) is 4.79 Å². The SMILES string of the molecule is O=C(CNCCCCO)N1CCCC1. The highest BCUT2D eigenvalue weighted by Crippen LogP contribution is 2.06. The molecule has 1 rings (SSSR count). The van der Waals surface area contributed by atoms with Crippen LogP contribution in [0.4, 0.5) is 0 Å². The van der Waals surface area contributed by atoms with Gasteiger partial charge in [0.15, 0.2) is 0 Å². The third-order valence-corrected chi connectivity index (χ3v) is 2.50. The normalized spacial score (nSPS) is 16.2. The van der Waals surface area contributed by atoms with Crippen LogP contribution in [0.5, 0.6) is 0 Å². The van der Waals surface area contributed by atoms with Crippen molar-refractivity contribution in [1.82, 2.24) is 10.2 Å². The van der Waals surface area contributed by atoms with Gasteiger partial charge in [0.05, 0.1) is 6.54 Å². The van der Waals surface area contributed by atoms with Crippen LogP contribution in [0.25, 0.3) is 0 Å². The second-order valence-corrected chi connectivity index (χ2v) is 3.70. The first kappa shape index (κ1) is 11.5. The van der Waals surface area contributed by atoms with Gasteiger partial charge >= 0.3 is 0 Å². The molecule has 4 heteroatoms. The zero-order chi connectivity index (χ0) is 10.2. The molecule has 4 nitrogen and oxygen atoms in total. The van der Waals surface area contributed by atoms with E-state index >= 15 is 0 Å². The second kappa shape index (κ2) is 6.79. The van der Waals surface area contributed by atoms with Crippen molar-refractivity contribution in [2.24, 2.45) is 0 Å². The minimum absolute atomic E-state index is 0.214. The van der Waals surface area contributed by atoms with Gasteiger partial charge in [0.25, 0.3) is 0 Å². The molecule has 0 atom stereocenters. The van der Waals surface area contributed by atoms with E-state index in [1.54, 1.807) is 0 Å². The summed E-state index contributed by atoms with van der Waals surface area (Å²) in [6.45, 7) is 3.36. The zero-order valence-electron chi connectivity index (χ0n) is 8.67. The van der Waals surface area contributed by atoms with Gasteiger partial charge in [-0.1, -0.05) is 0 Å². The molecule has 1 aliphatic heterocycles. The first-order valence-corrected chi connectivity index (χ1v) is 5.44. The molecule has 0 unspecified atom stereocenters. The van der Waals surface area contributed by atoms with Gasteiger partial charge in [0.1, 0.15) is 0 Å². The molecule has 1 aliphatic rings. The van der Waals surface area contributed by atoms with Crippen LogP contribution >= 0.6 is 0 Å². The Hall–Kier alpha value is -0.610. The number of amides is 1. The van der Waals surface area contributed by atoms with Crippen LogP contribution < -0.4 is 5.32 Å². The Morgan fingerprint density at radius 2 is 2.00 bits per heavy atom. The third-order valence-electron chi connectivity index (χ3n) is 2.50. The first-order chi connectivity index (χ1) is 6.84. The molecule has 0 spiro atoms. The van der Waals surface area contributed by atoms with Crippen molar-refractivity contribution >= 4 is 5.91 Å². The molecule has 0 aliphatic carbocycles. The molecule has 14 heavy (non-hydrogen) atoms. The van der Waals surface area contributed by atoms with E-state index in [4.69, 9.17) is 5.11 Å².